The first-order chi connectivity index (χ1) is 10.8. The molecule has 6 heteroatoms. The zero-order valence-corrected chi connectivity index (χ0v) is 15.3. The molecule has 0 radical (unpaired) electrons. The second-order valence-electron chi connectivity index (χ2n) is 6.52. The minimum absolute atomic E-state index is 0.0993. The maximum atomic E-state index is 13.2. The molecule has 1 heterocycles. The van der Waals surface area contributed by atoms with E-state index in [1.807, 2.05) is 26.8 Å². The fraction of sp³-hybridized carbons (Fsp3) is 0.647. The highest BCUT2D eigenvalue weighted by atomic mass is 32.2. The summed E-state index contributed by atoms with van der Waals surface area (Å²) in [5.74, 6) is 0.927. The molecule has 1 aliphatic rings. The largest absolute Gasteiger partial charge is 0.496 e. The van der Waals surface area contributed by atoms with Crippen molar-refractivity contribution in [2.24, 2.45) is 5.73 Å². The van der Waals surface area contributed by atoms with Crippen molar-refractivity contribution in [1.29, 1.82) is 0 Å². The second-order valence-corrected chi connectivity index (χ2v) is 8.37. The van der Waals surface area contributed by atoms with Crippen molar-refractivity contribution in [3.63, 3.8) is 0 Å². The van der Waals surface area contributed by atoms with Crippen molar-refractivity contribution in [2.75, 3.05) is 20.2 Å². The number of hydrogen-bond donors (Lipinski definition) is 1. The van der Waals surface area contributed by atoms with Gasteiger partial charge in [-0.1, -0.05) is 20.3 Å². The predicted molar refractivity (Wildman–Crippen MR) is 92.4 cm³/mol. The Morgan fingerprint density at radius 3 is 2.61 bits per heavy atom. The molecule has 5 nitrogen and oxygen atoms in total. The van der Waals surface area contributed by atoms with Gasteiger partial charge in [-0.05, 0) is 48.9 Å². The van der Waals surface area contributed by atoms with Gasteiger partial charge < -0.3 is 10.5 Å². The van der Waals surface area contributed by atoms with E-state index in [2.05, 4.69) is 0 Å². The molecule has 0 aromatic heterocycles. The molecule has 2 N–H and O–H groups in total. The normalized spacial score (nSPS) is 20.0. The summed E-state index contributed by atoms with van der Waals surface area (Å²) in [6.07, 6.45) is 2.76. The fourth-order valence-electron chi connectivity index (χ4n) is 3.24. The lowest BCUT2D eigenvalue weighted by Gasteiger charge is -2.34. The molecule has 130 valence electrons. The van der Waals surface area contributed by atoms with E-state index in [1.165, 1.54) is 0 Å². The monoisotopic (exact) mass is 340 g/mol. The molecule has 0 aliphatic carbocycles. The summed E-state index contributed by atoms with van der Waals surface area (Å²) in [6, 6.07) is 3.50. The van der Waals surface area contributed by atoms with Gasteiger partial charge in [-0.25, -0.2) is 8.42 Å². The number of rotatable bonds is 5. The smallest absolute Gasteiger partial charge is 0.243 e. The first-order valence-corrected chi connectivity index (χ1v) is 9.67. The Labute approximate surface area is 139 Å². The Hall–Kier alpha value is -1.11. The van der Waals surface area contributed by atoms with Crippen molar-refractivity contribution in [3.8, 4) is 5.75 Å². The molecule has 1 aromatic rings. The van der Waals surface area contributed by atoms with Gasteiger partial charge in [-0.2, -0.15) is 4.31 Å². The molecule has 0 bridgehead atoms. The average molecular weight is 340 g/mol. The maximum absolute atomic E-state index is 13.2. The van der Waals surface area contributed by atoms with Crippen LogP contribution in [0.15, 0.2) is 17.0 Å². The Balaban J connectivity index is 2.52. The summed E-state index contributed by atoms with van der Waals surface area (Å²) in [7, 11) is -1.92. The van der Waals surface area contributed by atoms with Gasteiger partial charge in [0.15, 0.2) is 0 Å². The van der Waals surface area contributed by atoms with Crippen LogP contribution < -0.4 is 10.5 Å². The zero-order valence-electron chi connectivity index (χ0n) is 14.5. The molecule has 1 saturated heterocycles. The number of hydrogen-bond acceptors (Lipinski definition) is 4. The predicted octanol–water partition coefficient (Wildman–Crippen LogP) is 2.63. The number of sulfonamides is 1. The van der Waals surface area contributed by atoms with Crippen molar-refractivity contribution in [1.82, 2.24) is 4.31 Å². The van der Waals surface area contributed by atoms with Gasteiger partial charge in [0.05, 0.1) is 12.0 Å². The quantitative estimate of drug-likeness (QED) is 0.894. The Kier molecular flexibility index (Phi) is 5.70. The lowest BCUT2D eigenvalue weighted by Crippen LogP contribution is -2.47. The van der Waals surface area contributed by atoms with E-state index >= 15 is 0 Å². The van der Waals surface area contributed by atoms with Crippen LogP contribution in [0.5, 0.6) is 5.75 Å². The van der Waals surface area contributed by atoms with E-state index in [4.69, 9.17) is 10.5 Å². The lowest BCUT2D eigenvalue weighted by atomic mass is 10.0. The van der Waals surface area contributed by atoms with E-state index < -0.39 is 10.0 Å². The number of nitrogens with zero attached hydrogens (tertiary/aromatic N) is 1. The van der Waals surface area contributed by atoms with E-state index in [0.29, 0.717) is 23.5 Å². The van der Waals surface area contributed by atoms with Crippen molar-refractivity contribution in [2.45, 2.75) is 56.9 Å². The first-order valence-electron chi connectivity index (χ1n) is 8.23. The number of aryl methyl sites for hydroxylation is 1. The molecule has 1 aromatic carbocycles. The first kappa shape index (κ1) is 18.2. The van der Waals surface area contributed by atoms with Crippen LogP contribution in [-0.2, 0) is 10.0 Å². The van der Waals surface area contributed by atoms with Crippen LogP contribution in [0.4, 0.5) is 0 Å². The highest BCUT2D eigenvalue weighted by Crippen LogP contribution is 2.34. The summed E-state index contributed by atoms with van der Waals surface area (Å²) in [5.41, 5.74) is 7.43. The van der Waals surface area contributed by atoms with Crippen LogP contribution in [0.25, 0.3) is 0 Å². The van der Waals surface area contributed by atoms with E-state index in [1.54, 1.807) is 17.5 Å². The third-order valence-electron chi connectivity index (χ3n) is 4.58. The molecule has 0 saturated carbocycles. The Morgan fingerprint density at radius 1 is 1.35 bits per heavy atom. The molecule has 0 amide bonds. The van der Waals surface area contributed by atoms with E-state index in [-0.39, 0.29) is 12.0 Å². The molecule has 1 fully saturated rings. The summed E-state index contributed by atoms with van der Waals surface area (Å²) in [4.78, 5) is 0.377. The summed E-state index contributed by atoms with van der Waals surface area (Å²) >= 11 is 0. The highest BCUT2D eigenvalue weighted by Gasteiger charge is 2.34. The Bertz CT molecular complexity index is 656. The molecule has 2 rings (SSSR count). The van der Waals surface area contributed by atoms with Gasteiger partial charge >= 0.3 is 0 Å². The molecule has 0 spiro atoms. The van der Waals surface area contributed by atoms with Crippen LogP contribution in [-0.4, -0.2) is 39.0 Å². The minimum atomic E-state index is -3.54. The minimum Gasteiger partial charge on any atom is -0.496 e. The number of benzene rings is 1. The maximum Gasteiger partial charge on any atom is 0.243 e. The number of methoxy groups -OCH3 is 1. The van der Waals surface area contributed by atoms with E-state index in [9.17, 15) is 8.42 Å². The molecular formula is C17H28N2O3S. The van der Waals surface area contributed by atoms with Gasteiger partial charge in [0.25, 0.3) is 0 Å². The fourth-order valence-corrected chi connectivity index (χ4v) is 5.18. The summed E-state index contributed by atoms with van der Waals surface area (Å²) in [6.45, 7) is 6.80. The number of piperidine rings is 1. The molecular weight excluding hydrogens is 312 g/mol. The van der Waals surface area contributed by atoms with Gasteiger partial charge in [0.2, 0.25) is 10.0 Å². The zero-order chi connectivity index (χ0) is 17.2. The molecule has 1 aliphatic heterocycles. The van der Waals surface area contributed by atoms with Crippen LogP contribution in [0.1, 0.15) is 50.2 Å². The van der Waals surface area contributed by atoms with E-state index in [0.717, 1.165) is 30.6 Å². The van der Waals surface area contributed by atoms with Crippen molar-refractivity contribution >= 4 is 10.0 Å². The van der Waals surface area contributed by atoms with Crippen LogP contribution >= 0.6 is 0 Å². The molecule has 1 atom stereocenters. The summed E-state index contributed by atoms with van der Waals surface area (Å²) in [5, 5.41) is 0. The number of ether oxygens (including phenoxy) is 1. The highest BCUT2D eigenvalue weighted by molar-refractivity contribution is 7.89. The molecule has 23 heavy (non-hydrogen) atoms. The van der Waals surface area contributed by atoms with Gasteiger partial charge in [0, 0.05) is 19.1 Å². The van der Waals surface area contributed by atoms with Crippen molar-refractivity contribution < 1.29 is 13.2 Å². The van der Waals surface area contributed by atoms with Gasteiger partial charge in [0.1, 0.15) is 5.75 Å². The van der Waals surface area contributed by atoms with Crippen LogP contribution in [0.3, 0.4) is 0 Å². The molecule has 1 unspecified atom stereocenters. The van der Waals surface area contributed by atoms with Gasteiger partial charge in [-0.15, -0.1) is 0 Å². The van der Waals surface area contributed by atoms with Crippen molar-refractivity contribution in [3.05, 3.63) is 23.3 Å². The Morgan fingerprint density at radius 2 is 2.04 bits per heavy atom. The average Bonchev–Trinajstić information content (AvgIpc) is 2.53. The third-order valence-corrected chi connectivity index (χ3v) is 6.67. The second kappa shape index (κ2) is 7.20. The van der Waals surface area contributed by atoms with Gasteiger partial charge in [-0.3, -0.25) is 0 Å². The summed E-state index contributed by atoms with van der Waals surface area (Å²) < 4.78 is 33.4. The standard InChI is InChI=1S/C17H28N2O3S/c1-12(2)15-10-17(13(3)9-16(15)22-4)23(20,21)19-8-6-5-7-14(19)11-18/h9-10,12,14H,5-8,11,18H2,1-4H3. The van der Waals surface area contributed by atoms with Crippen LogP contribution in [0, 0.1) is 6.92 Å². The number of nitrogens with two attached hydrogens (primary N) is 1. The van der Waals surface area contributed by atoms with Crippen LogP contribution in [0.2, 0.25) is 0 Å². The SMILES string of the molecule is COc1cc(C)c(S(=O)(=O)N2CCCCC2CN)cc1C(C)C. The third kappa shape index (κ3) is 3.54. The lowest BCUT2D eigenvalue weighted by molar-refractivity contribution is 0.257. The topological polar surface area (TPSA) is 72.6 Å².